The number of rotatable bonds is 8. The quantitative estimate of drug-likeness (QED) is 0.744. The zero-order valence-corrected chi connectivity index (χ0v) is 16.2. The monoisotopic (exact) mass is 396 g/mol. The van der Waals surface area contributed by atoms with Crippen molar-refractivity contribution in [2.75, 3.05) is 20.2 Å². The molecule has 0 atom stereocenters. The van der Waals surface area contributed by atoms with E-state index in [4.69, 9.17) is 16.3 Å². The highest BCUT2D eigenvalue weighted by atomic mass is 35.5. The molecule has 0 spiro atoms. The van der Waals surface area contributed by atoms with Gasteiger partial charge in [-0.25, -0.2) is 8.42 Å². The number of carbonyl (C=O) groups is 1. The van der Waals surface area contributed by atoms with Crippen LogP contribution in [0, 0.1) is 0 Å². The summed E-state index contributed by atoms with van der Waals surface area (Å²) in [5.41, 5.74) is 0.875. The van der Waals surface area contributed by atoms with Crippen molar-refractivity contribution in [2.24, 2.45) is 0 Å². The first-order chi connectivity index (χ1) is 12.3. The van der Waals surface area contributed by atoms with Crippen LogP contribution in [0.5, 0.6) is 5.75 Å². The van der Waals surface area contributed by atoms with Crippen LogP contribution in [-0.2, 0) is 21.4 Å². The third-order valence-corrected chi connectivity index (χ3v) is 5.68. The summed E-state index contributed by atoms with van der Waals surface area (Å²) in [6.45, 7) is 2.37. The van der Waals surface area contributed by atoms with E-state index in [1.807, 2.05) is 6.92 Å². The molecule has 2 aromatic carbocycles. The van der Waals surface area contributed by atoms with Crippen molar-refractivity contribution in [3.63, 3.8) is 0 Å². The molecule has 0 aliphatic rings. The second kappa shape index (κ2) is 9.02. The van der Waals surface area contributed by atoms with E-state index in [-0.39, 0.29) is 11.4 Å². The number of amides is 1. The molecule has 0 unspecified atom stereocenters. The van der Waals surface area contributed by atoms with Gasteiger partial charge in [0.2, 0.25) is 15.9 Å². The maximum atomic E-state index is 12.5. The van der Waals surface area contributed by atoms with Crippen LogP contribution in [0.2, 0.25) is 5.02 Å². The lowest BCUT2D eigenvalue weighted by atomic mass is 10.2. The van der Waals surface area contributed by atoms with E-state index in [2.05, 4.69) is 5.32 Å². The Hall–Kier alpha value is -2.09. The van der Waals surface area contributed by atoms with Crippen molar-refractivity contribution >= 4 is 27.5 Å². The minimum atomic E-state index is -3.75. The summed E-state index contributed by atoms with van der Waals surface area (Å²) in [7, 11) is -2.39. The Labute approximate surface area is 158 Å². The molecule has 140 valence electrons. The smallest absolute Gasteiger partial charge is 0.243 e. The van der Waals surface area contributed by atoms with Crippen LogP contribution >= 0.6 is 11.6 Å². The molecule has 2 aromatic rings. The number of nitrogens with zero attached hydrogens (tertiary/aromatic N) is 1. The number of nitrogens with one attached hydrogen (secondary N) is 1. The molecule has 0 aliphatic carbocycles. The maximum Gasteiger partial charge on any atom is 0.243 e. The van der Waals surface area contributed by atoms with E-state index < -0.39 is 15.9 Å². The molecule has 2 rings (SSSR count). The molecule has 0 saturated carbocycles. The van der Waals surface area contributed by atoms with Gasteiger partial charge in [-0.1, -0.05) is 23.7 Å². The Kier molecular flexibility index (Phi) is 7.02. The fraction of sp³-hybridized carbons (Fsp3) is 0.278. The molecular weight excluding hydrogens is 376 g/mol. The van der Waals surface area contributed by atoms with Crippen molar-refractivity contribution in [1.29, 1.82) is 0 Å². The highest BCUT2D eigenvalue weighted by Crippen LogP contribution is 2.18. The molecule has 1 N–H and O–H groups in total. The van der Waals surface area contributed by atoms with Crippen molar-refractivity contribution < 1.29 is 17.9 Å². The summed E-state index contributed by atoms with van der Waals surface area (Å²) in [6.07, 6.45) is 0. The predicted molar refractivity (Wildman–Crippen MR) is 101 cm³/mol. The van der Waals surface area contributed by atoms with Gasteiger partial charge in [-0.15, -0.1) is 0 Å². The second-order valence-corrected chi connectivity index (χ2v) is 8.05. The van der Waals surface area contributed by atoms with Gasteiger partial charge >= 0.3 is 0 Å². The molecular formula is C18H21ClN2O4S. The number of halogens is 1. The summed E-state index contributed by atoms with van der Waals surface area (Å²) in [6, 6.07) is 13.1. The third-order valence-electron chi connectivity index (χ3n) is 3.61. The highest BCUT2D eigenvalue weighted by Gasteiger charge is 2.22. The SMILES string of the molecule is CCOc1ccc(S(=O)(=O)N(C)CC(=O)NCc2ccc(Cl)cc2)cc1. The van der Waals surface area contributed by atoms with Crippen LogP contribution in [0.1, 0.15) is 12.5 Å². The lowest BCUT2D eigenvalue weighted by Gasteiger charge is -2.17. The van der Waals surface area contributed by atoms with Gasteiger partial charge in [-0.05, 0) is 48.9 Å². The lowest BCUT2D eigenvalue weighted by molar-refractivity contribution is -0.121. The van der Waals surface area contributed by atoms with E-state index in [0.29, 0.717) is 23.9 Å². The first-order valence-electron chi connectivity index (χ1n) is 8.03. The summed E-state index contributed by atoms with van der Waals surface area (Å²) in [4.78, 5) is 12.2. The number of hydrogen-bond donors (Lipinski definition) is 1. The van der Waals surface area contributed by atoms with Gasteiger partial charge in [0, 0.05) is 18.6 Å². The fourth-order valence-corrected chi connectivity index (χ4v) is 3.45. The summed E-state index contributed by atoms with van der Waals surface area (Å²) in [5, 5.41) is 3.30. The third kappa shape index (κ3) is 5.45. The normalized spacial score (nSPS) is 11.4. The molecule has 0 fully saturated rings. The standard InChI is InChI=1S/C18H21ClN2O4S/c1-3-25-16-8-10-17(11-9-16)26(23,24)21(2)13-18(22)20-12-14-4-6-15(19)7-5-14/h4-11H,3,12-13H2,1-2H3,(H,20,22). The van der Waals surface area contributed by atoms with Crippen molar-refractivity contribution in [1.82, 2.24) is 9.62 Å². The van der Waals surface area contributed by atoms with Crippen LogP contribution in [-0.4, -0.2) is 38.8 Å². The van der Waals surface area contributed by atoms with E-state index in [9.17, 15) is 13.2 Å². The number of ether oxygens (including phenoxy) is 1. The number of benzene rings is 2. The van der Waals surface area contributed by atoms with Gasteiger partial charge in [-0.3, -0.25) is 4.79 Å². The Morgan fingerprint density at radius 3 is 2.31 bits per heavy atom. The Morgan fingerprint density at radius 2 is 1.73 bits per heavy atom. The fourth-order valence-electron chi connectivity index (χ4n) is 2.20. The molecule has 0 aromatic heterocycles. The first kappa shape index (κ1) is 20.2. The van der Waals surface area contributed by atoms with Gasteiger partial charge in [0.25, 0.3) is 0 Å². The predicted octanol–water partition coefficient (Wildman–Crippen LogP) is 2.68. The largest absolute Gasteiger partial charge is 0.494 e. The van der Waals surface area contributed by atoms with E-state index in [1.165, 1.54) is 19.2 Å². The van der Waals surface area contributed by atoms with E-state index >= 15 is 0 Å². The van der Waals surface area contributed by atoms with E-state index in [1.54, 1.807) is 36.4 Å². The van der Waals surface area contributed by atoms with Crippen LogP contribution in [0.25, 0.3) is 0 Å². The second-order valence-electron chi connectivity index (χ2n) is 5.57. The molecule has 26 heavy (non-hydrogen) atoms. The first-order valence-corrected chi connectivity index (χ1v) is 9.85. The van der Waals surface area contributed by atoms with Crippen LogP contribution < -0.4 is 10.1 Å². The average molecular weight is 397 g/mol. The lowest BCUT2D eigenvalue weighted by Crippen LogP contribution is -2.38. The van der Waals surface area contributed by atoms with E-state index in [0.717, 1.165) is 9.87 Å². The highest BCUT2D eigenvalue weighted by molar-refractivity contribution is 7.89. The number of likely N-dealkylation sites (N-methyl/N-ethyl adjacent to an activating group) is 1. The molecule has 0 saturated heterocycles. The molecule has 0 bridgehead atoms. The average Bonchev–Trinajstić information content (AvgIpc) is 2.62. The molecule has 0 aliphatic heterocycles. The minimum absolute atomic E-state index is 0.106. The zero-order valence-electron chi connectivity index (χ0n) is 14.6. The number of carbonyl (C=O) groups excluding carboxylic acids is 1. The topological polar surface area (TPSA) is 75.7 Å². The summed E-state index contributed by atoms with van der Waals surface area (Å²) < 4.78 is 31.4. The van der Waals surface area contributed by atoms with Crippen LogP contribution in [0.4, 0.5) is 0 Å². The van der Waals surface area contributed by atoms with Crippen molar-refractivity contribution in [2.45, 2.75) is 18.4 Å². The molecule has 0 radical (unpaired) electrons. The number of hydrogen-bond acceptors (Lipinski definition) is 4. The Bertz CT molecular complexity index is 836. The molecule has 1 amide bonds. The van der Waals surface area contributed by atoms with Gasteiger partial charge in [0.1, 0.15) is 5.75 Å². The molecule has 8 heteroatoms. The number of sulfonamides is 1. The minimum Gasteiger partial charge on any atom is -0.494 e. The molecule has 6 nitrogen and oxygen atoms in total. The summed E-state index contributed by atoms with van der Waals surface area (Å²) >= 11 is 5.81. The van der Waals surface area contributed by atoms with Gasteiger partial charge in [0.15, 0.2) is 0 Å². The van der Waals surface area contributed by atoms with Crippen LogP contribution in [0.3, 0.4) is 0 Å². The van der Waals surface area contributed by atoms with Gasteiger partial charge in [-0.2, -0.15) is 4.31 Å². The van der Waals surface area contributed by atoms with Gasteiger partial charge in [0.05, 0.1) is 18.0 Å². The molecule has 0 heterocycles. The van der Waals surface area contributed by atoms with Crippen molar-refractivity contribution in [3.05, 3.63) is 59.1 Å². The van der Waals surface area contributed by atoms with Crippen molar-refractivity contribution in [3.8, 4) is 5.75 Å². The Balaban J connectivity index is 1.94. The maximum absolute atomic E-state index is 12.5. The van der Waals surface area contributed by atoms with Crippen LogP contribution in [0.15, 0.2) is 53.4 Å². The zero-order chi connectivity index (χ0) is 19.2. The van der Waals surface area contributed by atoms with Gasteiger partial charge < -0.3 is 10.1 Å². The summed E-state index contributed by atoms with van der Waals surface area (Å²) in [5.74, 6) is 0.201. The Morgan fingerprint density at radius 1 is 1.12 bits per heavy atom.